The van der Waals surface area contributed by atoms with E-state index in [9.17, 15) is 9.90 Å². The monoisotopic (exact) mass is 421 g/mol. The highest BCUT2D eigenvalue weighted by molar-refractivity contribution is 5.88. The van der Waals surface area contributed by atoms with E-state index in [1.165, 1.54) is 0 Å². The summed E-state index contributed by atoms with van der Waals surface area (Å²) in [5, 5.41) is 15.7. The first kappa shape index (κ1) is 21.1. The fourth-order valence-corrected chi connectivity index (χ4v) is 4.32. The first-order valence-corrected chi connectivity index (χ1v) is 10.4. The summed E-state index contributed by atoms with van der Waals surface area (Å²) in [7, 11) is 0. The van der Waals surface area contributed by atoms with E-state index in [-0.39, 0.29) is 17.2 Å². The maximum atomic E-state index is 13.1. The molecule has 7 nitrogen and oxygen atoms in total. The minimum atomic E-state index is -0.554. The number of hydrogen-bond acceptors (Lipinski definition) is 7. The maximum absolute atomic E-state index is 13.1. The Kier molecular flexibility index (Phi) is 6.34. The number of hydrogen-bond donors (Lipinski definition) is 2. The predicted molar refractivity (Wildman–Crippen MR) is 120 cm³/mol. The SMILES string of the molecule is C/C(=N/N)[C@H](CN1CCOCC1)[C@@H](c1ccccc1)c1c(O)c2ccccc2oc1=O. The van der Waals surface area contributed by atoms with Crippen LogP contribution >= 0.6 is 0 Å². The van der Waals surface area contributed by atoms with Crippen LogP contribution in [0.1, 0.15) is 24.0 Å². The first-order valence-electron chi connectivity index (χ1n) is 10.4. The zero-order valence-corrected chi connectivity index (χ0v) is 17.5. The lowest BCUT2D eigenvalue weighted by Crippen LogP contribution is -2.43. The molecule has 1 fully saturated rings. The van der Waals surface area contributed by atoms with Gasteiger partial charge in [-0.2, -0.15) is 5.10 Å². The molecule has 3 aromatic rings. The summed E-state index contributed by atoms with van der Waals surface area (Å²) in [6.07, 6.45) is 0. The molecule has 0 radical (unpaired) electrons. The van der Waals surface area contributed by atoms with Crippen molar-refractivity contribution in [2.24, 2.45) is 16.9 Å². The summed E-state index contributed by atoms with van der Waals surface area (Å²) in [5.74, 6) is 4.95. The summed E-state index contributed by atoms with van der Waals surface area (Å²) in [6, 6.07) is 16.7. The molecule has 7 heteroatoms. The van der Waals surface area contributed by atoms with Gasteiger partial charge >= 0.3 is 5.63 Å². The van der Waals surface area contributed by atoms with E-state index in [0.29, 0.717) is 36.4 Å². The maximum Gasteiger partial charge on any atom is 0.343 e. The van der Waals surface area contributed by atoms with Gasteiger partial charge in [-0.15, -0.1) is 0 Å². The second-order valence-electron chi connectivity index (χ2n) is 7.83. The highest BCUT2D eigenvalue weighted by Crippen LogP contribution is 2.39. The molecular formula is C24H27N3O4. The highest BCUT2D eigenvalue weighted by Gasteiger charge is 2.34. The lowest BCUT2D eigenvalue weighted by Gasteiger charge is -2.34. The van der Waals surface area contributed by atoms with Crippen LogP contribution in [-0.4, -0.2) is 48.6 Å². The summed E-state index contributed by atoms with van der Waals surface area (Å²) < 4.78 is 11.1. The Morgan fingerprint density at radius 1 is 1.13 bits per heavy atom. The third-order valence-corrected chi connectivity index (χ3v) is 5.99. The number of ether oxygens (including phenoxy) is 1. The zero-order valence-electron chi connectivity index (χ0n) is 17.5. The van der Waals surface area contributed by atoms with Gasteiger partial charge in [0.15, 0.2) is 0 Å². The Labute approximate surface area is 180 Å². The van der Waals surface area contributed by atoms with Crippen LogP contribution in [0.2, 0.25) is 0 Å². The molecule has 0 spiro atoms. The zero-order chi connectivity index (χ0) is 21.8. The number of para-hydroxylation sites is 1. The van der Waals surface area contributed by atoms with Crippen molar-refractivity contribution in [1.82, 2.24) is 4.90 Å². The van der Waals surface area contributed by atoms with Crippen molar-refractivity contribution in [3.63, 3.8) is 0 Å². The van der Waals surface area contributed by atoms with E-state index < -0.39 is 11.5 Å². The first-order chi connectivity index (χ1) is 15.1. The minimum absolute atomic E-state index is 0.0579. The van der Waals surface area contributed by atoms with Crippen LogP contribution in [0.3, 0.4) is 0 Å². The van der Waals surface area contributed by atoms with Crippen molar-refractivity contribution in [2.45, 2.75) is 12.8 Å². The lowest BCUT2D eigenvalue weighted by molar-refractivity contribution is 0.0335. The molecule has 2 heterocycles. The average Bonchev–Trinajstić information content (AvgIpc) is 2.81. The number of morpholine rings is 1. The Balaban J connectivity index is 1.90. The van der Waals surface area contributed by atoms with Gasteiger partial charge in [0.25, 0.3) is 0 Å². The lowest BCUT2D eigenvalue weighted by atomic mass is 9.78. The molecule has 31 heavy (non-hydrogen) atoms. The summed E-state index contributed by atoms with van der Waals surface area (Å²) >= 11 is 0. The third kappa shape index (κ3) is 4.33. The summed E-state index contributed by atoms with van der Waals surface area (Å²) in [5.41, 5.74) is 1.62. The van der Waals surface area contributed by atoms with E-state index in [1.807, 2.05) is 37.3 Å². The normalized spacial score (nSPS) is 17.5. The van der Waals surface area contributed by atoms with Crippen molar-refractivity contribution >= 4 is 16.7 Å². The van der Waals surface area contributed by atoms with E-state index in [2.05, 4.69) is 10.0 Å². The number of benzene rings is 2. The van der Waals surface area contributed by atoms with E-state index in [1.54, 1.807) is 24.3 Å². The van der Waals surface area contributed by atoms with E-state index in [4.69, 9.17) is 15.0 Å². The number of nitrogens with zero attached hydrogens (tertiary/aromatic N) is 2. The molecule has 162 valence electrons. The number of fused-ring (bicyclic) bond motifs is 1. The standard InChI is InChI=1S/C24H27N3O4/c1-16(26-25)19(15-27-11-13-30-14-12-27)21(17-7-3-2-4-8-17)22-23(28)18-9-5-6-10-20(18)31-24(22)29/h2-10,19,21,28H,11-15,25H2,1H3/b26-16-/t19-,21+/m0/s1. The van der Waals surface area contributed by atoms with Crippen molar-refractivity contribution in [2.75, 3.05) is 32.8 Å². The van der Waals surface area contributed by atoms with Crippen molar-refractivity contribution in [1.29, 1.82) is 0 Å². The Hall–Kier alpha value is -3.16. The highest BCUT2D eigenvalue weighted by atomic mass is 16.5. The van der Waals surface area contributed by atoms with Crippen LogP contribution in [0.4, 0.5) is 0 Å². The Morgan fingerprint density at radius 2 is 1.81 bits per heavy atom. The fraction of sp³-hybridized carbons (Fsp3) is 0.333. The van der Waals surface area contributed by atoms with Gasteiger partial charge in [0.2, 0.25) is 0 Å². The number of aromatic hydroxyl groups is 1. The van der Waals surface area contributed by atoms with Crippen LogP contribution in [0.5, 0.6) is 5.75 Å². The minimum Gasteiger partial charge on any atom is -0.507 e. The van der Waals surface area contributed by atoms with Crippen LogP contribution in [0, 0.1) is 5.92 Å². The third-order valence-electron chi connectivity index (χ3n) is 5.99. The predicted octanol–water partition coefficient (Wildman–Crippen LogP) is 2.91. The van der Waals surface area contributed by atoms with Gasteiger partial charge in [-0.3, -0.25) is 4.90 Å². The molecule has 1 aliphatic rings. The quantitative estimate of drug-likeness (QED) is 0.275. The van der Waals surface area contributed by atoms with Gasteiger partial charge in [0.1, 0.15) is 11.3 Å². The molecular weight excluding hydrogens is 394 g/mol. The second kappa shape index (κ2) is 9.32. The van der Waals surface area contributed by atoms with Crippen LogP contribution in [0.25, 0.3) is 11.0 Å². The number of hydrazone groups is 1. The van der Waals surface area contributed by atoms with Crippen molar-refractivity contribution in [3.05, 3.63) is 76.1 Å². The van der Waals surface area contributed by atoms with Crippen molar-refractivity contribution < 1.29 is 14.3 Å². The van der Waals surface area contributed by atoms with Gasteiger partial charge in [-0.05, 0) is 24.6 Å². The molecule has 0 bridgehead atoms. The molecule has 4 rings (SSSR count). The van der Waals surface area contributed by atoms with Gasteiger partial charge in [0, 0.05) is 37.2 Å². The smallest absolute Gasteiger partial charge is 0.343 e. The van der Waals surface area contributed by atoms with E-state index >= 15 is 0 Å². The Bertz CT molecular complexity index is 1120. The molecule has 0 saturated carbocycles. The molecule has 2 atom stereocenters. The van der Waals surface area contributed by atoms with Gasteiger partial charge in [0.05, 0.1) is 24.2 Å². The van der Waals surface area contributed by atoms with Gasteiger partial charge < -0.3 is 20.1 Å². The summed E-state index contributed by atoms with van der Waals surface area (Å²) in [6.45, 7) is 5.38. The largest absolute Gasteiger partial charge is 0.507 e. The molecule has 1 aliphatic heterocycles. The molecule has 0 aliphatic carbocycles. The van der Waals surface area contributed by atoms with E-state index in [0.717, 1.165) is 18.7 Å². The van der Waals surface area contributed by atoms with Gasteiger partial charge in [-0.25, -0.2) is 4.79 Å². The van der Waals surface area contributed by atoms with Crippen LogP contribution < -0.4 is 11.5 Å². The number of rotatable bonds is 6. The number of nitrogens with two attached hydrogens (primary N) is 1. The summed E-state index contributed by atoms with van der Waals surface area (Å²) in [4.78, 5) is 15.4. The molecule has 0 unspecified atom stereocenters. The molecule has 1 aromatic heterocycles. The average molecular weight is 421 g/mol. The fourth-order valence-electron chi connectivity index (χ4n) is 4.32. The molecule has 2 aromatic carbocycles. The molecule has 3 N–H and O–H groups in total. The molecule has 1 saturated heterocycles. The topological polar surface area (TPSA) is 101 Å². The second-order valence-corrected chi connectivity index (χ2v) is 7.83. The van der Waals surface area contributed by atoms with Gasteiger partial charge in [-0.1, -0.05) is 42.5 Å². The Morgan fingerprint density at radius 3 is 2.52 bits per heavy atom. The molecule has 0 amide bonds. The van der Waals surface area contributed by atoms with Crippen LogP contribution in [-0.2, 0) is 4.74 Å². The van der Waals surface area contributed by atoms with Crippen molar-refractivity contribution in [3.8, 4) is 5.75 Å². The van der Waals surface area contributed by atoms with Crippen LogP contribution in [0.15, 0.2) is 68.9 Å².